The maximum absolute atomic E-state index is 13.3. The van der Waals surface area contributed by atoms with Gasteiger partial charge in [-0.3, -0.25) is 4.79 Å². The zero-order valence-electron chi connectivity index (χ0n) is 14.2. The van der Waals surface area contributed by atoms with Crippen molar-refractivity contribution in [2.75, 3.05) is 25.0 Å². The second kappa shape index (κ2) is 7.76. The van der Waals surface area contributed by atoms with Crippen molar-refractivity contribution in [2.45, 2.75) is 31.9 Å². The second-order valence-electron chi connectivity index (χ2n) is 6.51. The molecule has 1 aromatic carbocycles. The molecule has 0 saturated carbocycles. The van der Waals surface area contributed by atoms with Gasteiger partial charge in [-0.05, 0) is 38.0 Å². The standard InChI is InChI=1S/C18H23FN4O2/c1-13(24)12-22-9-6-16(7-10-22)23-17(5-8-20-23)21-18(25)14-3-2-4-15(19)11-14/h2-5,8,11,13,16,24H,6-7,9-10,12H2,1H3,(H,21,25)/t13-/m0/s1. The van der Waals surface area contributed by atoms with E-state index in [1.165, 1.54) is 18.2 Å². The molecule has 1 amide bonds. The summed E-state index contributed by atoms with van der Waals surface area (Å²) in [6, 6.07) is 7.56. The normalized spacial score (nSPS) is 17.4. The topological polar surface area (TPSA) is 70.4 Å². The highest BCUT2D eigenvalue weighted by atomic mass is 19.1. The molecule has 0 radical (unpaired) electrons. The number of carbonyl (C=O) groups is 1. The number of piperidine rings is 1. The molecule has 0 unspecified atom stereocenters. The Bertz CT molecular complexity index is 723. The molecule has 1 saturated heterocycles. The van der Waals surface area contributed by atoms with Crippen LogP contribution in [0.3, 0.4) is 0 Å². The molecule has 0 aliphatic carbocycles. The quantitative estimate of drug-likeness (QED) is 0.871. The molecule has 134 valence electrons. The molecule has 6 nitrogen and oxygen atoms in total. The van der Waals surface area contributed by atoms with E-state index < -0.39 is 5.82 Å². The number of benzene rings is 1. The van der Waals surface area contributed by atoms with Gasteiger partial charge in [-0.2, -0.15) is 5.10 Å². The number of likely N-dealkylation sites (tertiary alicyclic amines) is 1. The number of aliphatic hydroxyl groups excluding tert-OH is 1. The van der Waals surface area contributed by atoms with Crippen molar-refractivity contribution in [1.29, 1.82) is 0 Å². The van der Waals surface area contributed by atoms with Crippen LogP contribution in [0, 0.1) is 5.82 Å². The predicted octanol–water partition coefficient (Wildman–Crippen LogP) is 2.29. The van der Waals surface area contributed by atoms with Crippen LogP contribution in [-0.4, -0.2) is 51.4 Å². The summed E-state index contributed by atoms with van der Waals surface area (Å²) in [6.07, 6.45) is 3.13. The molecule has 1 fully saturated rings. The average Bonchev–Trinajstić information content (AvgIpc) is 3.03. The lowest BCUT2D eigenvalue weighted by Crippen LogP contribution is -2.39. The molecule has 2 aromatic rings. The molecule has 7 heteroatoms. The zero-order valence-corrected chi connectivity index (χ0v) is 14.2. The molecule has 3 rings (SSSR count). The molecular weight excluding hydrogens is 323 g/mol. The predicted molar refractivity (Wildman–Crippen MR) is 93.0 cm³/mol. The van der Waals surface area contributed by atoms with E-state index in [1.807, 2.05) is 4.68 Å². The van der Waals surface area contributed by atoms with E-state index in [4.69, 9.17) is 0 Å². The van der Waals surface area contributed by atoms with Gasteiger partial charge in [-0.25, -0.2) is 9.07 Å². The number of hydrogen-bond acceptors (Lipinski definition) is 4. The first-order chi connectivity index (χ1) is 12.0. The van der Waals surface area contributed by atoms with Gasteiger partial charge in [-0.1, -0.05) is 6.07 Å². The summed E-state index contributed by atoms with van der Waals surface area (Å²) in [5, 5.41) is 16.7. The third kappa shape index (κ3) is 4.43. The molecule has 1 atom stereocenters. The van der Waals surface area contributed by atoms with E-state index in [0.717, 1.165) is 25.9 Å². The van der Waals surface area contributed by atoms with Gasteiger partial charge in [0.05, 0.1) is 18.3 Å². The van der Waals surface area contributed by atoms with Crippen molar-refractivity contribution in [1.82, 2.24) is 14.7 Å². The summed E-state index contributed by atoms with van der Waals surface area (Å²) in [7, 11) is 0. The molecule has 1 aliphatic rings. The molecule has 0 bridgehead atoms. The van der Waals surface area contributed by atoms with Crippen molar-refractivity contribution < 1.29 is 14.3 Å². The minimum absolute atomic E-state index is 0.197. The van der Waals surface area contributed by atoms with E-state index in [9.17, 15) is 14.3 Å². The minimum Gasteiger partial charge on any atom is -0.392 e. The highest BCUT2D eigenvalue weighted by Crippen LogP contribution is 2.25. The second-order valence-corrected chi connectivity index (χ2v) is 6.51. The summed E-state index contributed by atoms with van der Waals surface area (Å²) in [6.45, 7) is 4.23. The highest BCUT2D eigenvalue weighted by Gasteiger charge is 2.23. The van der Waals surface area contributed by atoms with Crippen LogP contribution in [0.15, 0.2) is 36.5 Å². The number of halogens is 1. The minimum atomic E-state index is -0.438. The number of amides is 1. The lowest BCUT2D eigenvalue weighted by Gasteiger charge is -2.33. The van der Waals surface area contributed by atoms with E-state index in [1.54, 1.807) is 25.3 Å². The van der Waals surface area contributed by atoms with Crippen LogP contribution in [0.1, 0.15) is 36.2 Å². The van der Waals surface area contributed by atoms with Crippen LogP contribution in [0.5, 0.6) is 0 Å². The fourth-order valence-electron chi connectivity index (χ4n) is 3.24. The van der Waals surface area contributed by atoms with Gasteiger partial charge in [0.25, 0.3) is 5.91 Å². The Morgan fingerprint density at radius 2 is 2.16 bits per heavy atom. The molecule has 2 N–H and O–H groups in total. The maximum Gasteiger partial charge on any atom is 0.256 e. The average molecular weight is 346 g/mol. The number of aliphatic hydroxyl groups is 1. The lowest BCUT2D eigenvalue weighted by molar-refractivity contribution is 0.0987. The van der Waals surface area contributed by atoms with E-state index in [-0.39, 0.29) is 23.6 Å². The maximum atomic E-state index is 13.3. The number of β-amino-alcohol motifs (C(OH)–C–C–N with tert-alkyl or cyclic N) is 1. The third-order valence-electron chi connectivity index (χ3n) is 4.42. The molecular formula is C18H23FN4O2. The lowest BCUT2D eigenvalue weighted by atomic mass is 10.0. The molecule has 2 heterocycles. The summed E-state index contributed by atoms with van der Waals surface area (Å²) >= 11 is 0. The van der Waals surface area contributed by atoms with Gasteiger partial charge in [-0.15, -0.1) is 0 Å². The van der Waals surface area contributed by atoms with Gasteiger partial charge in [0.15, 0.2) is 0 Å². The molecule has 0 spiro atoms. The summed E-state index contributed by atoms with van der Waals surface area (Å²) in [4.78, 5) is 14.5. The van der Waals surface area contributed by atoms with Crippen molar-refractivity contribution in [3.8, 4) is 0 Å². The van der Waals surface area contributed by atoms with Crippen LogP contribution in [0.2, 0.25) is 0 Å². The number of rotatable bonds is 5. The van der Waals surface area contributed by atoms with Gasteiger partial charge >= 0.3 is 0 Å². The van der Waals surface area contributed by atoms with E-state index >= 15 is 0 Å². The monoisotopic (exact) mass is 346 g/mol. The summed E-state index contributed by atoms with van der Waals surface area (Å²) in [5.74, 6) is -0.178. The zero-order chi connectivity index (χ0) is 17.8. The van der Waals surface area contributed by atoms with Crippen LogP contribution >= 0.6 is 0 Å². The van der Waals surface area contributed by atoms with Gasteiger partial charge in [0.2, 0.25) is 0 Å². The fraction of sp³-hybridized carbons (Fsp3) is 0.444. The van der Waals surface area contributed by atoms with Crippen molar-refractivity contribution in [2.24, 2.45) is 0 Å². The van der Waals surface area contributed by atoms with Crippen LogP contribution in [0.25, 0.3) is 0 Å². The number of hydrogen-bond donors (Lipinski definition) is 2. The Morgan fingerprint density at radius 3 is 2.84 bits per heavy atom. The molecule has 1 aliphatic heterocycles. The Morgan fingerprint density at radius 1 is 1.40 bits per heavy atom. The first-order valence-electron chi connectivity index (χ1n) is 8.54. The first-order valence-corrected chi connectivity index (χ1v) is 8.54. The number of carbonyl (C=O) groups excluding carboxylic acids is 1. The highest BCUT2D eigenvalue weighted by molar-refractivity contribution is 6.03. The smallest absolute Gasteiger partial charge is 0.256 e. The third-order valence-corrected chi connectivity index (χ3v) is 4.42. The van der Waals surface area contributed by atoms with Gasteiger partial charge in [0, 0.05) is 31.3 Å². The first kappa shape index (κ1) is 17.6. The van der Waals surface area contributed by atoms with Gasteiger partial charge in [0.1, 0.15) is 11.6 Å². The summed E-state index contributed by atoms with van der Waals surface area (Å²) < 4.78 is 15.1. The van der Waals surface area contributed by atoms with Gasteiger partial charge < -0.3 is 15.3 Å². The van der Waals surface area contributed by atoms with E-state index in [0.29, 0.717) is 12.4 Å². The number of nitrogens with zero attached hydrogens (tertiary/aromatic N) is 3. The fourth-order valence-corrected chi connectivity index (χ4v) is 3.24. The number of anilines is 1. The summed E-state index contributed by atoms with van der Waals surface area (Å²) in [5.41, 5.74) is 0.277. The SMILES string of the molecule is C[C@H](O)CN1CCC(n2nccc2NC(=O)c2cccc(F)c2)CC1. The number of nitrogens with one attached hydrogen (secondary N) is 1. The van der Waals surface area contributed by atoms with Crippen molar-refractivity contribution in [3.63, 3.8) is 0 Å². The largest absolute Gasteiger partial charge is 0.392 e. The van der Waals surface area contributed by atoms with Crippen LogP contribution in [0.4, 0.5) is 10.2 Å². The molecule has 25 heavy (non-hydrogen) atoms. The Labute approximate surface area is 146 Å². The Balaban J connectivity index is 1.64. The Hall–Kier alpha value is -2.25. The van der Waals surface area contributed by atoms with Crippen molar-refractivity contribution >= 4 is 11.7 Å². The van der Waals surface area contributed by atoms with Crippen LogP contribution in [-0.2, 0) is 0 Å². The van der Waals surface area contributed by atoms with Crippen molar-refractivity contribution in [3.05, 3.63) is 47.9 Å². The Kier molecular flexibility index (Phi) is 5.45. The number of aromatic nitrogens is 2. The van der Waals surface area contributed by atoms with E-state index in [2.05, 4.69) is 15.3 Å². The van der Waals surface area contributed by atoms with Crippen LogP contribution < -0.4 is 5.32 Å². The molecule has 1 aromatic heterocycles.